The van der Waals surface area contributed by atoms with Gasteiger partial charge in [-0.15, -0.1) is 0 Å². The third kappa shape index (κ3) is 3.83. The molecule has 2 amide bonds. The van der Waals surface area contributed by atoms with Crippen molar-refractivity contribution in [1.29, 1.82) is 0 Å². The van der Waals surface area contributed by atoms with E-state index in [-0.39, 0.29) is 11.8 Å². The average molecular weight is 373 g/mol. The maximum Gasteiger partial charge on any atom is 0.270 e. The van der Waals surface area contributed by atoms with Crippen LogP contribution in [-0.4, -0.2) is 52.4 Å². The van der Waals surface area contributed by atoms with Crippen molar-refractivity contribution in [2.24, 2.45) is 0 Å². The van der Waals surface area contributed by atoms with Gasteiger partial charge in [0.1, 0.15) is 5.69 Å². The molecule has 142 valence electrons. The topological polar surface area (TPSA) is 45.6 Å². The van der Waals surface area contributed by atoms with E-state index in [0.717, 1.165) is 5.56 Å². The second-order valence-corrected chi connectivity index (χ2v) is 6.96. The van der Waals surface area contributed by atoms with E-state index in [4.69, 9.17) is 0 Å². The molecule has 4 rings (SSSR count). The van der Waals surface area contributed by atoms with Crippen molar-refractivity contribution in [3.63, 3.8) is 0 Å². The van der Waals surface area contributed by atoms with Crippen LogP contribution in [0.4, 0.5) is 0 Å². The van der Waals surface area contributed by atoms with Crippen LogP contribution in [0.2, 0.25) is 0 Å². The van der Waals surface area contributed by atoms with E-state index in [1.165, 1.54) is 0 Å². The van der Waals surface area contributed by atoms with Gasteiger partial charge in [0.05, 0.1) is 0 Å². The summed E-state index contributed by atoms with van der Waals surface area (Å²) in [5.74, 6) is 0.0490. The van der Waals surface area contributed by atoms with Gasteiger partial charge in [0.2, 0.25) is 0 Å². The Hall–Kier alpha value is -3.34. The molecule has 1 fully saturated rings. The second-order valence-electron chi connectivity index (χ2n) is 6.96. The van der Waals surface area contributed by atoms with Crippen molar-refractivity contribution in [3.8, 4) is 0 Å². The highest BCUT2D eigenvalue weighted by atomic mass is 16.2. The standard InChI is InChI=1S/C23H23N3O2/c27-22(20-10-5-2-6-11-20)24-14-16-25(17-15-24)23(28)21-12-7-13-26(21)18-19-8-3-1-4-9-19/h1-13H,14-18H2. The first kappa shape index (κ1) is 18.0. The van der Waals surface area contributed by atoms with E-state index in [2.05, 4.69) is 12.1 Å². The minimum absolute atomic E-state index is 0.0211. The highest BCUT2D eigenvalue weighted by Gasteiger charge is 2.26. The maximum absolute atomic E-state index is 13.0. The van der Waals surface area contributed by atoms with Gasteiger partial charge in [-0.2, -0.15) is 0 Å². The Bertz CT molecular complexity index is 942. The zero-order chi connectivity index (χ0) is 19.3. The summed E-state index contributed by atoms with van der Waals surface area (Å²) in [7, 11) is 0. The van der Waals surface area contributed by atoms with E-state index >= 15 is 0 Å². The first-order chi connectivity index (χ1) is 13.7. The average Bonchev–Trinajstić information content (AvgIpc) is 3.22. The minimum Gasteiger partial charge on any atom is -0.339 e. The molecule has 0 aliphatic carbocycles. The normalized spacial score (nSPS) is 14.1. The van der Waals surface area contributed by atoms with E-state index in [9.17, 15) is 9.59 Å². The molecule has 0 atom stereocenters. The SMILES string of the molecule is O=C(c1ccccc1)N1CCN(C(=O)c2cccn2Cc2ccccc2)CC1. The number of carbonyl (C=O) groups excluding carboxylic acids is 2. The summed E-state index contributed by atoms with van der Waals surface area (Å²) in [6.45, 7) is 2.88. The monoisotopic (exact) mass is 373 g/mol. The van der Waals surface area contributed by atoms with Crippen LogP contribution in [0.15, 0.2) is 79.0 Å². The molecule has 0 N–H and O–H groups in total. The van der Waals surface area contributed by atoms with Crippen molar-refractivity contribution >= 4 is 11.8 Å². The highest BCUT2D eigenvalue weighted by Crippen LogP contribution is 2.14. The molecular formula is C23H23N3O2. The molecule has 2 aromatic carbocycles. The summed E-state index contributed by atoms with van der Waals surface area (Å²) in [5, 5.41) is 0. The highest BCUT2D eigenvalue weighted by molar-refractivity contribution is 5.95. The van der Waals surface area contributed by atoms with Crippen molar-refractivity contribution in [3.05, 3.63) is 95.8 Å². The van der Waals surface area contributed by atoms with Gasteiger partial charge >= 0.3 is 0 Å². The zero-order valence-electron chi connectivity index (χ0n) is 15.7. The Balaban J connectivity index is 1.40. The van der Waals surface area contributed by atoms with Crippen LogP contribution < -0.4 is 0 Å². The van der Waals surface area contributed by atoms with Gasteiger partial charge < -0.3 is 14.4 Å². The summed E-state index contributed by atoms with van der Waals surface area (Å²) in [5.41, 5.74) is 2.54. The van der Waals surface area contributed by atoms with Gasteiger partial charge in [0.15, 0.2) is 0 Å². The van der Waals surface area contributed by atoms with E-state index in [0.29, 0.717) is 44.0 Å². The quantitative estimate of drug-likeness (QED) is 0.705. The lowest BCUT2D eigenvalue weighted by Crippen LogP contribution is -2.50. The van der Waals surface area contributed by atoms with Gasteiger partial charge in [-0.05, 0) is 29.8 Å². The molecule has 0 radical (unpaired) electrons. The first-order valence-corrected chi connectivity index (χ1v) is 9.55. The maximum atomic E-state index is 13.0. The number of benzene rings is 2. The smallest absolute Gasteiger partial charge is 0.270 e. The lowest BCUT2D eigenvalue weighted by atomic mass is 10.2. The van der Waals surface area contributed by atoms with Crippen LogP contribution in [-0.2, 0) is 6.54 Å². The Kier molecular flexibility index (Phi) is 5.24. The minimum atomic E-state index is 0.0211. The van der Waals surface area contributed by atoms with Crippen molar-refractivity contribution in [2.45, 2.75) is 6.54 Å². The van der Waals surface area contributed by atoms with Crippen LogP contribution in [0.25, 0.3) is 0 Å². The first-order valence-electron chi connectivity index (χ1n) is 9.55. The van der Waals surface area contributed by atoms with Gasteiger partial charge in [-0.3, -0.25) is 9.59 Å². The van der Waals surface area contributed by atoms with Crippen LogP contribution in [0.1, 0.15) is 26.4 Å². The molecule has 1 aliphatic rings. The largest absolute Gasteiger partial charge is 0.339 e. The lowest BCUT2D eigenvalue weighted by molar-refractivity contribution is 0.0530. The summed E-state index contributed by atoms with van der Waals surface area (Å²) >= 11 is 0. The number of hydrogen-bond acceptors (Lipinski definition) is 2. The molecule has 28 heavy (non-hydrogen) atoms. The van der Waals surface area contributed by atoms with Gasteiger partial charge in [-0.25, -0.2) is 0 Å². The van der Waals surface area contributed by atoms with Gasteiger partial charge in [0, 0.05) is 44.5 Å². The molecule has 3 aromatic rings. The van der Waals surface area contributed by atoms with Gasteiger partial charge in [-0.1, -0.05) is 48.5 Å². The van der Waals surface area contributed by atoms with Crippen LogP contribution in [0.3, 0.4) is 0 Å². The Morgan fingerprint density at radius 2 is 1.25 bits per heavy atom. The number of amides is 2. The molecule has 0 spiro atoms. The summed E-state index contributed by atoms with van der Waals surface area (Å²) in [6, 6.07) is 23.2. The molecule has 0 bridgehead atoms. The molecule has 0 saturated carbocycles. The molecule has 5 heteroatoms. The fourth-order valence-corrected chi connectivity index (χ4v) is 3.56. The summed E-state index contributed by atoms with van der Waals surface area (Å²) in [6.07, 6.45) is 1.94. The molecule has 5 nitrogen and oxygen atoms in total. The van der Waals surface area contributed by atoms with E-state index in [1.54, 1.807) is 0 Å². The summed E-state index contributed by atoms with van der Waals surface area (Å²) < 4.78 is 1.99. The predicted octanol–water partition coefficient (Wildman–Crippen LogP) is 3.13. The molecule has 1 aromatic heterocycles. The van der Waals surface area contributed by atoms with Crippen molar-refractivity contribution in [2.75, 3.05) is 26.2 Å². The number of aromatic nitrogens is 1. The number of rotatable bonds is 4. The van der Waals surface area contributed by atoms with Crippen LogP contribution >= 0.6 is 0 Å². The fraction of sp³-hybridized carbons (Fsp3) is 0.217. The van der Waals surface area contributed by atoms with Crippen LogP contribution in [0.5, 0.6) is 0 Å². The van der Waals surface area contributed by atoms with Crippen molar-refractivity contribution in [1.82, 2.24) is 14.4 Å². The Morgan fingerprint density at radius 3 is 1.89 bits per heavy atom. The van der Waals surface area contributed by atoms with E-state index < -0.39 is 0 Å². The second kappa shape index (κ2) is 8.13. The molecule has 2 heterocycles. The van der Waals surface area contributed by atoms with Gasteiger partial charge in [0.25, 0.3) is 11.8 Å². The number of carbonyl (C=O) groups is 2. The Labute approximate surface area is 164 Å². The number of nitrogens with zero attached hydrogens (tertiary/aromatic N) is 3. The molecular weight excluding hydrogens is 350 g/mol. The Morgan fingerprint density at radius 1 is 0.679 bits per heavy atom. The lowest BCUT2D eigenvalue weighted by Gasteiger charge is -2.35. The predicted molar refractivity (Wildman–Crippen MR) is 108 cm³/mol. The third-order valence-corrected chi connectivity index (χ3v) is 5.12. The molecule has 1 aliphatic heterocycles. The third-order valence-electron chi connectivity index (χ3n) is 5.12. The number of piperazine rings is 1. The summed E-state index contributed by atoms with van der Waals surface area (Å²) in [4.78, 5) is 29.3. The molecule has 0 unspecified atom stereocenters. The van der Waals surface area contributed by atoms with E-state index in [1.807, 2.05) is 81.2 Å². The number of hydrogen-bond donors (Lipinski definition) is 0. The zero-order valence-corrected chi connectivity index (χ0v) is 15.7. The van der Waals surface area contributed by atoms with Crippen LogP contribution in [0, 0.1) is 0 Å². The van der Waals surface area contributed by atoms with Crippen molar-refractivity contribution < 1.29 is 9.59 Å². The fourth-order valence-electron chi connectivity index (χ4n) is 3.56. The molecule has 1 saturated heterocycles.